The van der Waals surface area contributed by atoms with E-state index in [0.29, 0.717) is 18.6 Å². The van der Waals surface area contributed by atoms with Crippen molar-refractivity contribution in [1.82, 2.24) is 34.2 Å². The molecular formula is C34H47N7O2. The van der Waals surface area contributed by atoms with Crippen molar-refractivity contribution in [2.24, 2.45) is 7.05 Å². The van der Waals surface area contributed by atoms with Gasteiger partial charge >= 0.3 is 6.09 Å². The van der Waals surface area contributed by atoms with Gasteiger partial charge in [0.25, 0.3) is 0 Å². The van der Waals surface area contributed by atoms with E-state index in [4.69, 9.17) is 14.7 Å². The van der Waals surface area contributed by atoms with Gasteiger partial charge in [0, 0.05) is 32.2 Å². The standard InChI is InChI=1S/C34H47N7O2/c1-34(2,3)43-33(42)35-19-9-10-22-41-28-16-8-6-14-26(28)37-32(41)24-40-21-12-18-30(40)29-17-11-20-39(29)23-31-36-25-13-5-7-15-27(25)38(31)4/h5-8,13-16,29-30H,9-12,17-24H2,1-4H3,(H,35,42)/t29-,30-/m0/s1. The number of hydrogen-bond donors (Lipinski definition) is 1. The summed E-state index contributed by atoms with van der Waals surface area (Å²) in [6.45, 7) is 11.2. The normalized spacial score (nSPS) is 20.0. The van der Waals surface area contributed by atoms with Crippen molar-refractivity contribution in [2.45, 2.75) is 96.6 Å². The van der Waals surface area contributed by atoms with Gasteiger partial charge in [-0.25, -0.2) is 14.8 Å². The molecule has 0 saturated carbocycles. The summed E-state index contributed by atoms with van der Waals surface area (Å²) in [4.78, 5) is 27.5. The lowest BCUT2D eigenvalue weighted by Gasteiger charge is -2.35. The summed E-state index contributed by atoms with van der Waals surface area (Å²) in [7, 11) is 2.15. The van der Waals surface area contributed by atoms with Crippen LogP contribution in [-0.4, -0.2) is 72.3 Å². The Bertz CT molecular complexity index is 1550. The summed E-state index contributed by atoms with van der Waals surface area (Å²) < 4.78 is 10.0. The van der Waals surface area contributed by atoms with Crippen LogP contribution in [-0.2, 0) is 31.4 Å². The number of amides is 1. The van der Waals surface area contributed by atoms with Crippen molar-refractivity contribution in [1.29, 1.82) is 0 Å². The molecule has 2 aromatic heterocycles. The summed E-state index contributed by atoms with van der Waals surface area (Å²) in [5.74, 6) is 2.30. The zero-order chi connectivity index (χ0) is 30.0. The third kappa shape index (κ3) is 6.73. The molecule has 1 amide bonds. The Hall–Kier alpha value is -3.43. The first-order valence-corrected chi connectivity index (χ1v) is 16.1. The lowest BCUT2D eigenvalue weighted by molar-refractivity contribution is 0.0527. The largest absolute Gasteiger partial charge is 0.444 e. The highest BCUT2D eigenvalue weighted by molar-refractivity contribution is 5.76. The number of aromatic nitrogens is 4. The minimum absolute atomic E-state index is 0.349. The molecule has 0 spiro atoms. The fourth-order valence-corrected chi connectivity index (χ4v) is 7.06. The molecule has 230 valence electrons. The molecule has 0 radical (unpaired) electrons. The number of unbranched alkanes of at least 4 members (excludes halogenated alkanes) is 1. The minimum atomic E-state index is -0.482. The predicted octanol–water partition coefficient (Wildman–Crippen LogP) is 5.86. The van der Waals surface area contributed by atoms with Gasteiger partial charge in [-0.1, -0.05) is 24.3 Å². The molecule has 2 atom stereocenters. The third-order valence-electron chi connectivity index (χ3n) is 9.05. The van der Waals surface area contributed by atoms with Crippen LogP contribution in [0.25, 0.3) is 22.1 Å². The fraction of sp³-hybridized carbons (Fsp3) is 0.559. The molecule has 9 heteroatoms. The number of alkyl carbamates (subject to hydrolysis) is 1. The SMILES string of the molecule is Cn1c(CN2CCC[C@H]2[C@@H]2CCCN2Cc2nc3ccccc3n2CCCCNC(=O)OC(C)(C)C)nc2ccccc21. The van der Waals surface area contributed by atoms with Gasteiger partial charge in [0.1, 0.15) is 17.2 Å². The Kier molecular flexibility index (Phi) is 8.73. The Labute approximate surface area is 255 Å². The monoisotopic (exact) mass is 585 g/mol. The predicted molar refractivity (Wildman–Crippen MR) is 171 cm³/mol. The van der Waals surface area contributed by atoms with E-state index in [9.17, 15) is 4.79 Å². The number of carbonyl (C=O) groups is 1. The third-order valence-corrected chi connectivity index (χ3v) is 9.05. The summed E-state index contributed by atoms with van der Waals surface area (Å²) in [6.07, 6.45) is 6.45. The van der Waals surface area contributed by atoms with Crippen LogP contribution < -0.4 is 5.32 Å². The number of nitrogens with zero attached hydrogens (tertiary/aromatic N) is 6. The summed E-state index contributed by atoms with van der Waals surface area (Å²) in [5, 5.41) is 2.89. The summed E-state index contributed by atoms with van der Waals surface area (Å²) in [5.41, 5.74) is 4.06. The first-order chi connectivity index (χ1) is 20.8. The maximum Gasteiger partial charge on any atom is 0.407 e. The van der Waals surface area contributed by atoms with E-state index >= 15 is 0 Å². The quantitative estimate of drug-likeness (QED) is 0.235. The van der Waals surface area contributed by atoms with Crippen molar-refractivity contribution in [3.8, 4) is 0 Å². The van der Waals surface area contributed by atoms with Gasteiger partial charge in [-0.3, -0.25) is 9.80 Å². The van der Waals surface area contributed by atoms with Crippen LogP contribution in [0.2, 0.25) is 0 Å². The second-order valence-corrected chi connectivity index (χ2v) is 13.2. The van der Waals surface area contributed by atoms with Crippen LogP contribution in [0.15, 0.2) is 48.5 Å². The van der Waals surface area contributed by atoms with Crippen LogP contribution in [0.1, 0.15) is 70.9 Å². The molecule has 2 aliphatic heterocycles. The second-order valence-electron chi connectivity index (χ2n) is 13.2. The Balaban J connectivity index is 1.12. The molecule has 2 saturated heterocycles. The number of benzene rings is 2. The Morgan fingerprint density at radius 1 is 0.860 bits per heavy atom. The van der Waals surface area contributed by atoms with E-state index in [1.165, 1.54) is 36.7 Å². The molecule has 4 heterocycles. The molecule has 4 aromatic rings. The van der Waals surface area contributed by atoms with E-state index < -0.39 is 5.60 Å². The molecule has 2 fully saturated rings. The minimum Gasteiger partial charge on any atom is -0.444 e. The lowest BCUT2D eigenvalue weighted by atomic mass is 10.0. The van der Waals surface area contributed by atoms with Crippen molar-refractivity contribution < 1.29 is 9.53 Å². The van der Waals surface area contributed by atoms with Gasteiger partial charge in [0.05, 0.1) is 35.2 Å². The highest BCUT2D eigenvalue weighted by Crippen LogP contribution is 2.33. The van der Waals surface area contributed by atoms with E-state index in [1.807, 2.05) is 20.8 Å². The van der Waals surface area contributed by atoms with Gasteiger partial charge in [0.15, 0.2) is 0 Å². The fourth-order valence-electron chi connectivity index (χ4n) is 7.06. The molecule has 0 unspecified atom stereocenters. The summed E-state index contributed by atoms with van der Waals surface area (Å²) in [6, 6.07) is 18.0. The molecule has 9 nitrogen and oxygen atoms in total. The van der Waals surface area contributed by atoms with E-state index in [-0.39, 0.29) is 6.09 Å². The second kappa shape index (κ2) is 12.7. The zero-order valence-electron chi connectivity index (χ0n) is 26.3. The van der Waals surface area contributed by atoms with E-state index in [0.717, 1.165) is 68.2 Å². The molecule has 0 bridgehead atoms. The number of fused-ring (bicyclic) bond motifs is 2. The number of para-hydroxylation sites is 4. The first-order valence-electron chi connectivity index (χ1n) is 16.1. The highest BCUT2D eigenvalue weighted by atomic mass is 16.6. The van der Waals surface area contributed by atoms with Crippen molar-refractivity contribution >= 4 is 28.2 Å². The molecule has 43 heavy (non-hydrogen) atoms. The van der Waals surface area contributed by atoms with Crippen LogP contribution >= 0.6 is 0 Å². The molecule has 2 aliphatic rings. The van der Waals surface area contributed by atoms with Gasteiger partial charge in [-0.2, -0.15) is 0 Å². The molecule has 0 aliphatic carbocycles. The van der Waals surface area contributed by atoms with Gasteiger partial charge < -0.3 is 19.2 Å². The average molecular weight is 586 g/mol. The topological polar surface area (TPSA) is 80.5 Å². The Morgan fingerprint density at radius 3 is 2.09 bits per heavy atom. The van der Waals surface area contributed by atoms with E-state index in [2.05, 4.69) is 79.8 Å². The number of imidazole rings is 2. The smallest absolute Gasteiger partial charge is 0.407 e. The van der Waals surface area contributed by atoms with Crippen molar-refractivity contribution in [2.75, 3.05) is 19.6 Å². The summed E-state index contributed by atoms with van der Waals surface area (Å²) >= 11 is 0. The molecule has 2 aromatic carbocycles. The number of rotatable bonds is 10. The molecule has 6 rings (SSSR count). The number of nitrogens with one attached hydrogen (secondary N) is 1. The maximum absolute atomic E-state index is 12.0. The van der Waals surface area contributed by atoms with Crippen molar-refractivity contribution in [3.63, 3.8) is 0 Å². The van der Waals surface area contributed by atoms with Crippen LogP contribution in [0, 0.1) is 0 Å². The Morgan fingerprint density at radius 2 is 1.44 bits per heavy atom. The van der Waals surface area contributed by atoms with E-state index in [1.54, 1.807) is 0 Å². The van der Waals surface area contributed by atoms with Crippen LogP contribution in [0.3, 0.4) is 0 Å². The molecular weight excluding hydrogens is 538 g/mol. The molecule has 1 N–H and O–H groups in total. The van der Waals surface area contributed by atoms with Crippen LogP contribution in [0.5, 0.6) is 0 Å². The number of aryl methyl sites for hydroxylation is 2. The number of ether oxygens (including phenoxy) is 1. The number of likely N-dealkylation sites (tertiary alicyclic amines) is 2. The van der Waals surface area contributed by atoms with Gasteiger partial charge in [-0.05, 0) is 96.7 Å². The maximum atomic E-state index is 12.0. The lowest BCUT2D eigenvalue weighted by Crippen LogP contribution is -2.46. The first kappa shape index (κ1) is 29.6. The number of carbonyl (C=O) groups excluding carboxylic acids is 1. The van der Waals surface area contributed by atoms with Gasteiger partial charge in [-0.15, -0.1) is 0 Å². The average Bonchev–Trinajstić information content (AvgIpc) is 3.75. The number of hydrogen-bond acceptors (Lipinski definition) is 6. The van der Waals surface area contributed by atoms with Gasteiger partial charge in [0.2, 0.25) is 0 Å². The van der Waals surface area contributed by atoms with Crippen molar-refractivity contribution in [3.05, 3.63) is 60.2 Å². The van der Waals surface area contributed by atoms with Crippen LogP contribution in [0.4, 0.5) is 4.79 Å². The zero-order valence-corrected chi connectivity index (χ0v) is 26.3. The highest BCUT2D eigenvalue weighted by Gasteiger charge is 2.38.